The Morgan fingerprint density at radius 3 is 1.97 bits per heavy atom. The lowest BCUT2D eigenvalue weighted by atomic mass is 10.1. The summed E-state index contributed by atoms with van der Waals surface area (Å²) in [5, 5.41) is 5.72. The number of rotatable bonds is 9. The van der Waals surface area contributed by atoms with Crippen molar-refractivity contribution in [3.8, 4) is 17.2 Å². The van der Waals surface area contributed by atoms with Gasteiger partial charge in [-0.15, -0.1) is 0 Å². The number of aryl methyl sites for hydroxylation is 1. The zero-order valence-electron chi connectivity index (χ0n) is 18.3. The van der Waals surface area contributed by atoms with E-state index in [0.717, 1.165) is 5.56 Å². The van der Waals surface area contributed by atoms with E-state index in [0.29, 0.717) is 40.6 Å². The Morgan fingerprint density at radius 2 is 1.34 bits per heavy atom. The zero-order chi connectivity index (χ0) is 22.9. The van der Waals surface area contributed by atoms with E-state index in [4.69, 9.17) is 14.2 Å². The van der Waals surface area contributed by atoms with E-state index in [-0.39, 0.29) is 18.2 Å². The Balaban J connectivity index is 1.68. The monoisotopic (exact) mass is 434 g/mol. The maximum absolute atomic E-state index is 12.7. The molecular formula is C25H26N2O5. The molecular weight excluding hydrogens is 408 g/mol. The minimum atomic E-state index is -0.248. The summed E-state index contributed by atoms with van der Waals surface area (Å²) in [5.41, 5.74) is 2.42. The van der Waals surface area contributed by atoms with Gasteiger partial charge in [-0.2, -0.15) is 0 Å². The molecule has 2 amide bonds. The van der Waals surface area contributed by atoms with Gasteiger partial charge in [-0.05, 0) is 42.3 Å². The molecule has 0 radical (unpaired) electrons. The molecule has 0 saturated carbocycles. The van der Waals surface area contributed by atoms with Crippen LogP contribution in [0.15, 0.2) is 66.7 Å². The van der Waals surface area contributed by atoms with Crippen LogP contribution in [0.4, 0.5) is 11.4 Å². The fourth-order valence-electron chi connectivity index (χ4n) is 3.31. The second-order valence-electron chi connectivity index (χ2n) is 6.91. The summed E-state index contributed by atoms with van der Waals surface area (Å²) in [4.78, 5) is 25.1. The molecule has 166 valence electrons. The highest BCUT2D eigenvalue weighted by Crippen LogP contribution is 2.40. The lowest BCUT2D eigenvalue weighted by Gasteiger charge is -2.16. The van der Waals surface area contributed by atoms with Gasteiger partial charge in [0.05, 0.1) is 32.7 Å². The van der Waals surface area contributed by atoms with Crippen LogP contribution in [-0.4, -0.2) is 33.1 Å². The molecule has 0 spiro atoms. The summed E-state index contributed by atoms with van der Waals surface area (Å²) < 4.78 is 16.2. The molecule has 3 aromatic carbocycles. The average Bonchev–Trinajstić information content (AvgIpc) is 2.83. The van der Waals surface area contributed by atoms with E-state index in [1.165, 1.54) is 7.11 Å². The number of benzene rings is 3. The first kappa shape index (κ1) is 22.7. The Kier molecular flexibility index (Phi) is 7.70. The van der Waals surface area contributed by atoms with Crippen molar-refractivity contribution in [3.05, 3.63) is 77.9 Å². The van der Waals surface area contributed by atoms with Crippen LogP contribution in [0.5, 0.6) is 17.2 Å². The Labute approximate surface area is 187 Å². The predicted molar refractivity (Wildman–Crippen MR) is 124 cm³/mol. The van der Waals surface area contributed by atoms with Gasteiger partial charge in [-0.3, -0.25) is 9.59 Å². The highest BCUT2D eigenvalue weighted by atomic mass is 16.5. The lowest BCUT2D eigenvalue weighted by Crippen LogP contribution is -2.17. The van der Waals surface area contributed by atoms with E-state index in [1.54, 1.807) is 68.8 Å². The minimum Gasteiger partial charge on any atom is -0.493 e. The van der Waals surface area contributed by atoms with Gasteiger partial charge in [-0.25, -0.2) is 0 Å². The van der Waals surface area contributed by atoms with Crippen LogP contribution in [0.2, 0.25) is 0 Å². The Bertz CT molecular complexity index is 1080. The number of hydrogen-bond acceptors (Lipinski definition) is 5. The van der Waals surface area contributed by atoms with E-state index in [9.17, 15) is 9.59 Å². The Hall–Kier alpha value is -4.00. The van der Waals surface area contributed by atoms with Gasteiger partial charge >= 0.3 is 0 Å². The van der Waals surface area contributed by atoms with E-state index in [1.807, 2.05) is 12.1 Å². The van der Waals surface area contributed by atoms with E-state index in [2.05, 4.69) is 10.6 Å². The number of nitrogens with one attached hydrogen (secondary N) is 2. The third-order valence-corrected chi connectivity index (χ3v) is 4.89. The van der Waals surface area contributed by atoms with E-state index < -0.39 is 0 Å². The molecule has 3 rings (SSSR count). The highest BCUT2D eigenvalue weighted by molar-refractivity contribution is 6.07. The van der Waals surface area contributed by atoms with Crippen LogP contribution < -0.4 is 24.8 Å². The summed E-state index contributed by atoms with van der Waals surface area (Å²) >= 11 is 0. The Morgan fingerprint density at radius 1 is 0.719 bits per heavy atom. The van der Waals surface area contributed by atoms with E-state index >= 15 is 0 Å². The molecule has 3 aromatic rings. The van der Waals surface area contributed by atoms with Crippen LogP contribution in [0.1, 0.15) is 22.3 Å². The van der Waals surface area contributed by atoms with Crippen molar-refractivity contribution >= 4 is 23.2 Å². The van der Waals surface area contributed by atoms with Crippen molar-refractivity contribution in [1.82, 2.24) is 0 Å². The fraction of sp³-hybridized carbons (Fsp3) is 0.200. The number of ether oxygens (including phenoxy) is 3. The van der Waals surface area contributed by atoms with Crippen LogP contribution in [0.25, 0.3) is 0 Å². The summed E-state index contributed by atoms with van der Waals surface area (Å²) in [6.07, 6.45) is 0.653. The standard InChI is InChI=1S/C25H26N2O5/c1-30-21-15-13-17(23(31-2)24(21)32-3)14-16-22(28)26-19-11-7-8-12-20(19)27-25(29)18-9-5-4-6-10-18/h4-13,15H,14,16H2,1-3H3,(H,26,28)(H,27,29). The predicted octanol–water partition coefficient (Wildman–Crippen LogP) is 4.54. The van der Waals surface area contributed by atoms with Crippen molar-refractivity contribution in [3.63, 3.8) is 0 Å². The molecule has 0 saturated heterocycles. The van der Waals surface area contributed by atoms with Gasteiger partial charge in [0, 0.05) is 12.0 Å². The summed E-state index contributed by atoms with van der Waals surface area (Å²) in [7, 11) is 4.64. The normalized spacial score (nSPS) is 10.2. The SMILES string of the molecule is COc1ccc(CCC(=O)Nc2ccccc2NC(=O)c2ccccc2)c(OC)c1OC. The number of carbonyl (C=O) groups excluding carboxylic acids is 2. The average molecular weight is 434 g/mol. The molecule has 0 aliphatic rings. The maximum atomic E-state index is 12.7. The number of carbonyl (C=O) groups is 2. The quantitative estimate of drug-likeness (QED) is 0.517. The lowest BCUT2D eigenvalue weighted by molar-refractivity contribution is -0.116. The third kappa shape index (κ3) is 5.37. The van der Waals surface area contributed by atoms with Crippen LogP contribution in [0, 0.1) is 0 Å². The number of methoxy groups -OCH3 is 3. The van der Waals surface area contributed by atoms with Gasteiger partial charge in [0.2, 0.25) is 11.7 Å². The number of amides is 2. The molecule has 0 unspecified atom stereocenters. The number of anilines is 2. The summed E-state index contributed by atoms with van der Waals surface area (Å²) in [6, 6.07) is 19.6. The van der Waals surface area contributed by atoms with Crippen molar-refractivity contribution < 1.29 is 23.8 Å². The smallest absolute Gasteiger partial charge is 0.255 e. The fourth-order valence-corrected chi connectivity index (χ4v) is 3.31. The molecule has 0 aromatic heterocycles. The molecule has 2 N–H and O–H groups in total. The van der Waals surface area contributed by atoms with Crippen molar-refractivity contribution in [1.29, 1.82) is 0 Å². The summed E-state index contributed by atoms with van der Waals surface area (Å²) in [5.74, 6) is 1.14. The topological polar surface area (TPSA) is 85.9 Å². The minimum absolute atomic E-state index is 0.191. The van der Waals surface area contributed by atoms with Gasteiger partial charge in [0.1, 0.15) is 0 Å². The van der Waals surface area contributed by atoms with Gasteiger partial charge in [0.25, 0.3) is 5.91 Å². The molecule has 0 aliphatic carbocycles. The maximum Gasteiger partial charge on any atom is 0.255 e. The van der Waals surface area contributed by atoms with Crippen molar-refractivity contribution in [2.24, 2.45) is 0 Å². The van der Waals surface area contributed by atoms with Crippen molar-refractivity contribution in [2.45, 2.75) is 12.8 Å². The molecule has 0 bridgehead atoms. The van der Waals surface area contributed by atoms with Crippen LogP contribution in [-0.2, 0) is 11.2 Å². The van der Waals surface area contributed by atoms with Gasteiger partial charge in [0.15, 0.2) is 11.5 Å². The first-order valence-electron chi connectivity index (χ1n) is 10.1. The van der Waals surface area contributed by atoms with Gasteiger partial charge in [-0.1, -0.05) is 36.4 Å². The van der Waals surface area contributed by atoms with Crippen LogP contribution >= 0.6 is 0 Å². The first-order chi connectivity index (χ1) is 15.6. The zero-order valence-corrected chi connectivity index (χ0v) is 18.3. The summed E-state index contributed by atoms with van der Waals surface area (Å²) in [6.45, 7) is 0. The number of hydrogen-bond donors (Lipinski definition) is 2. The molecule has 7 heteroatoms. The first-order valence-corrected chi connectivity index (χ1v) is 10.1. The second kappa shape index (κ2) is 10.9. The van der Waals surface area contributed by atoms with Crippen molar-refractivity contribution in [2.75, 3.05) is 32.0 Å². The number of para-hydroxylation sites is 2. The molecule has 0 aliphatic heterocycles. The molecule has 0 atom stereocenters. The second-order valence-corrected chi connectivity index (χ2v) is 6.91. The molecule has 32 heavy (non-hydrogen) atoms. The molecule has 7 nitrogen and oxygen atoms in total. The molecule has 0 fully saturated rings. The third-order valence-electron chi connectivity index (χ3n) is 4.89. The van der Waals surface area contributed by atoms with Gasteiger partial charge < -0.3 is 24.8 Å². The highest BCUT2D eigenvalue weighted by Gasteiger charge is 2.17. The molecule has 0 heterocycles. The van der Waals surface area contributed by atoms with Crippen LogP contribution in [0.3, 0.4) is 0 Å². The largest absolute Gasteiger partial charge is 0.493 e.